The first-order valence-corrected chi connectivity index (χ1v) is 11.7. The fourth-order valence-electron chi connectivity index (χ4n) is 3.86. The molecule has 2 aliphatic heterocycles. The van der Waals surface area contributed by atoms with E-state index in [2.05, 4.69) is 39.5 Å². The molecule has 0 radical (unpaired) electrons. The summed E-state index contributed by atoms with van der Waals surface area (Å²) in [6.45, 7) is 9.37. The number of morpholine rings is 1. The van der Waals surface area contributed by atoms with Gasteiger partial charge < -0.3 is 15.0 Å². The maximum atomic E-state index is 12.7. The van der Waals surface area contributed by atoms with Crippen molar-refractivity contribution in [3.05, 3.63) is 35.4 Å². The molecule has 1 aromatic rings. The van der Waals surface area contributed by atoms with Crippen molar-refractivity contribution < 1.29 is 13.2 Å². The van der Waals surface area contributed by atoms with Crippen LogP contribution in [-0.2, 0) is 27.7 Å². The molecule has 3 rings (SSSR count). The van der Waals surface area contributed by atoms with Crippen LogP contribution in [0.2, 0.25) is 0 Å². The largest absolute Gasteiger partial charge is 0.373 e. The molecule has 2 unspecified atom stereocenters. The van der Waals surface area contributed by atoms with Gasteiger partial charge in [0.1, 0.15) is 0 Å². The van der Waals surface area contributed by atoms with Crippen LogP contribution in [-0.4, -0.2) is 74.3 Å². The number of nitrogens with zero attached hydrogens (tertiary/aromatic N) is 3. The van der Waals surface area contributed by atoms with E-state index in [1.54, 1.807) is 4.31 Å². The van der Waals surface area contributed by atoms with E-state index in [0.717, 1.165) is 32.0 Å². The molecular formula is C20H32N4O3S. The SMILES string of the molecule is CCNC(=NCCS(=O)(=O)N1CC(C)OC(C)C1)N1CCc2ccccc2C1. The van der Waals surface area contributed by atoms with Gasteiger partial charge in [-0.05, 0) is 38.3 Å². The third-order valence-corrected chi connectivity index (χ3v) is 6.94. The Balaban J connectivity index is 1.63. The van der Waals surface area contributed by atoms with E-state index in [1.807, 2.05) is 20.8 Å². The molecule has 7 nitrogen and oxygen atoms in total. The number of rotatable bonds is 5. The lowest BCUT2D eigenvalue weighted by atomic mass is 10.0. The fourth-order valence-corrected chi connectivity index (χ4v) is 5.31. The maximum absolute atomic E-state index is 12.7. The molecule has 2 aliphatic rings. The average molecular weight is 409 g/mol. The Morgan fingerprint density at radius 2 is 1.89 bits per heavy atom. The Hall–Kier alpha value is -1.64. The van der Waals surface area contributed by atoms with Crippen LogP contribution in [0, 0.1) is 0 Å². The monoisotopic (exact) mass is 408 g/mol. The lowest BCUT2D eigenvalue weighted by Crippen LogP contribution is -2.49. The smallest absolute Gasteiger partial charge is 0.216 e. The first-order valence-electron chi connectivity index (χ1n) is 10.1. The summed E-state index contributed by atoms with van der Waals surface area (Å²) in [5.74, 6) is 0.807. The lowest BCUT2D eigenvalue weighted by molar-refractivity contribution is -0.0440. The first kappa shape index (κ1) is 21.1. The minimum atomic E-state index is -3.34. The summed E-state index contributed by atoms with van der Waals surface area (Å²) in [6.07, 6.45) is 0.822. The number of benzene rings is 1. The van der Waals surface area contributed by atoms with Crippen LogP contribution >= 0.6 is 0 Å². The highest BCUT2D eigenvalue weighted by Gasteiger charge is 2.30. The molecule has 0 bridgehead atoms. The van der Waals surface area contributed by atoms with Gasteiger partial charge in [0.25, 0.3) is 0 Å². The molecule has 1 aromatic carbocycles. The van der Waals surface area contributed by atoms with Gasteiger partial charge in [0, 0.05) is 32.7 Å². The van der Waals surface area contributed by atoms with Crippen LogP contribution in [0.15, 0.2) is 29.3 Å². The van der Waals surface area contributed by atoms with Crippen LogP contribution in [0.1, 0.15) is 31.9 Å². The molecule has 0 amide bonds. The highest BCUT2D eigenvalue weighted by molar-refractivity contribution is 7.89. The van der Waals surface area contributed by atoms with Crippen molar-refractivity contribution >= 4 is 16.0 Å². The van der Waals surface area contributed by atoms with Crippen molar-refractivity contribution in [2.75, 3.05) is 38.5 Å². The highest BCUT2D eigenvalue weighted by atomic mass is 32.2. The number of nitrogens with one attached hydrogen (secondary N) is 1. The molecule has 156 valence electrons. The summed E-state index contributed by atoms with van der Waals surface area (Å²) < 4.78 is 32.6. The van der Waals surface area contributed by atoms with Crippen LogP contribution in [0.3, 0.4) is 0 Å². The Bertz CT molecular complexity index is 786. The summed E-state index contributed by atoms with van der Waals surface area (Å²) in [6, 6.07) is 8.46. The Morgan fingerprint density at radius 1 is 1.21 bits per heavy atom. The van der Waals surface area contributed by atoms with Gasteiger partial charge in [-0.1, -0.05) is 24.3 Å². The number of guanidine groups is 1. The topological polar surface area (TPSA) is 74.2 Å². The van der Waals surface area contributed by atoms with Gasteiger partial charge >= 0.3 is 0 Å². The Kier molecular flexibility index (Phi) is 6.95. The minimum Gasteiger partial charge on any atom is -0.373 e. The highest BCUT2D eigenvalue weighted by Crippen LogP contribution is 2.19. The van der Waals surface area contributed by atoms with Gasteiger partial charge in [-0.3, -0.25) is 4.99 Å². The van der Waals surface area contributed by atoms with Gasteiger partial charge in [-0.2, -0.15) is 4.31 Å². The number of hydrogen-bond acceptors (Lipinski definition) is 4. The molecular weight excluding hydrogens is 376 g/mol. The first-order chi connectivity index (χ1) is 13.4. The van der Waals surface area contributed by atoms with Crippen LogP contribution in [0.25, 0.3) is 0 Å². The molecule has 2 atom stereocenters. The molecule has 1 N–H and O–H groups in total. The molecule has 8 heteroatoms. The van der Waals surface area contributed by atoms with Crippen LogP contribution in [0.4, 0.5) is 0 Å². The number of aliphatic imine (C=N–C) groups is 1. The maximum Gasteiger partial charge on any atom is 0.216 e. The van der Waals surface area contributed by atoms with Gasteiger partial charge in [-0.25, -0.2) is 8.42 Å². The summed E-state index contributed by atoms with van der Waals surface area (Å²) in [5.41, 5.74) is 2.69. The standard InChI is InChI=1S/C20H32N4O3S/c1-4-21-20(23-11-9-18-7-5-6-8-19(18)15-23)22-10-12-28(25,26)24-13-16(2)27-17(3)14-24/h5-8,16-17H,4,9-15H2,1-3H3,(H,21,22). The van der Waals surface area contributed by atoms with E-state index in [0.29, 0.717) is 13.1 Å². The number of hydrogen-bond donors (Lipinski definition) is 1. The molecule has 0 aromatic heterocycles. The van der Waals surface area contributed by atoms with Gasteiger partial charge in [0.2, 0.25) is 10.0 Å². The van der Waals surface area contributed by atoms with Crippen molar-refractivity contribution in [3.63, 3.8) is 0 Å². The van der Waals surface area contributed by atoms with Crippen LogP contribution < -0.4 is 5.32 Å². The van der Waals surface area contributed by atoms with Gasteiger partial charge in [0.15, 0.2) is 5.96 Å². The van der Waals surface area contributed by atoms with Crippen molar-refractivity contribution in [3.8, 4) is 0 Å². The second kappa shape index (κ2) is 9.24. The van der Waals surface area contributed by atoms with Crippen molar-refractivity contribution in [1.29, 1.82) is 0 Å². The van der Waals surface area contributed by atoms with Crippen molar-refractivity contribution in [2.24, 2.45) is 4.99 Å². The molecule has 2 heterocycles. The van der Waals surface area contributed by atoms with Crippen LogP contribution in [0.5, 0.6) is 0 Å². The Labute approximate surface area is 168 Å². The summed E-state index contributed by atoms with van der Waals surface area (Å²) >= 11 is 0. The predicted molar refractivity (Wildman–Crippen MR) is 112 cm³/mol. The van der Waals surface area contributed by atoms with Crippen molar-refractivity contribution in [2.45, 2.75) is 45.9 Å². The number of fused-ring (bicyclic) bond motifs is 1. The number of ether oxygens (including phenoxy) is 1. The molecule has 1 fully saturated rings. The summed E-state index contributed by atoms with van der Waals surface area (Å²) in [5, 5.41) is 3.31. The lowest BCUT2D eigenvalue weighted by Gasteiger charge is -2.34. The van der Waals surface area contributed by atoms with E-state index < -0.39 is 10.0 Å². The fraction of sp³-hybridized carbons (Fsp3) is 0.650. The number of sulfonamides is 1. The third kappa shape index (κ3) is 5.24. The van der Waals surface area contributed by atoms with E-state index in [9.17, 15) is 8.42 Å². The van der Waals surface area contributed by atoms with E-state index in [-0.39, 0.29) is 24.5 Å². The Morgan fingerprint density at radius 3 is 2.57 bits per heavy atom. The zero-order valence-electron chi connectivity index (χ0n) is 17.1. The zero-order chi connectivity index (χ0) is 20.1. The quantitative estimate of drug-likeness (QED) is 0.590. The average Bonchev–Trinajstić information content (AvgIpc) is 2.66. The van der Waals surface area contributed by atoms with Gasteiger partial charge in [-0.15, -0.1) is 0 Å². The minimum absolute atomic E-state index is 0.0196. The molecule has 0 spiro atoms. The third-order valence-electron chi connectivity index (χ3n) is 5.16. The summed E-state index contributed by atoms with van der Waals surface area (Å²) in [4.78, 5) is 6.83. The molecule has 1 saturated heterocycles. The zero-order valence-corrected chi connectivity index (χ0v) is 17.9. The second-order valence-electron chi connectivity index (χ2n) is 7.57. The molecule has 0 saturated carbocycles. The van der Waals surface area contributed by atoms with E-state index >= 15 is 0 Å². The van der Waals surface area contributed by atoms with E-state index in [1.165, 1.54) is 11.1 Å². The summed E-state index contributed by atoms with van der Waals surface area (Å²) in [7, 11) is -3.34. The molecule has 28 heavy (non-hydrogen) atoms. The van der Waals surface area contributed by atoms with Gasteiger partial charge in [0.05, 0.1) is 24.5 Å². The van der Waals surface area contributed by atoms with Crippen molar-refractivity contribution in [1.82, 2.24) is 14.5 Å². The predicted octanol–water partition coefficient (Wildman–Crippen LogP) is 1.45. The normalized spacial score (nSPS) is 24.1. The molecule has 0 aliphatic carbocycles. The van der Waals surface area contributed by atoms with E-state index in [4.69, 9.17) is 4.74 Å². The second-order valence-corrected chi connectivity index (χ2v) is 9.65.